The highest BCUT2D eigenvalue weighted by Gasteiger charge is 1.92. The Morgan fingerprint density at radius 1 is 1.40 bits per heavy atom. The molecule has 0 aromatic rings. The topological polar surface area (TPSA) is 17.1 Å². The second kappa shape index (κ2) is 4.07. The van der Waals surface area contributed by atoms with E-state index in [9.17, 15) is 4.79 Å². The van der Waals surface area contributed by atoms with Crippen LogP contribution < -0.4 is 0 Å². The van der Waals surface area contributed by atoms with Gasteiger partial charge in [-0.2, -0.15) is 0 Å². The SMILES string of the molecule is C=C(Cl)/C=C\C(=C)C(C)=O. The molecule has 0 radical (unpaired) electrons. The highest BCUT2D eigenvalue weighted by Crippen LogP contribution is 2.01. The van der Waals surface area contributed by atoms with E-state index in [1.54, 1.807) is 0 Å². The molecule has 0 aromatic carbocycles. The van der Waals surface area contributed by atoms with E-state index in [1.165, 1.54) is 19.1 Å². The molecule has 0 N–H and O–H groups in total. The van der Waals surface area contributed by atoms with Gasteiger partial charge in [-0.25, -0.2) is 0 Å². The average Bonchev–Trinajstić information content (AvgIpc) is 1.82. The molecule has 2 heteroatoms. The molecule has 0 saturated carbocycles. The Balaban J connectivity index is 4.03. The van der Waals surface area contributed by atoms with Crippen molar-refractivity contribution in [2.45, 2.75) is 6.92 Å². The fourth-order valence-electron chi connectivity index (χ4n) is 0.308. The van der Waals surface area contributed by atoms with Crippen LogP contribution in [0.25, 0.3) is 0 Å². The molecular weight excluding hydrogens is 148 g/mol. The zero-order valence-corrected chi connectivity index (χ0v) is 6.61. The molecule has 0 spiro atoms. The minimum absolute atomic E-state index is 0.0610. The summed E-state index contributed by atoms with van der Waals surface area (Å²) in [6.45, 7) is 8.35. The number of hydrogen-bond acceptors (Lipinski definition) is 1. The summed E-state index contributed by atoms with van der Waals surface area (Å²) >= 11 is 5.39. The van der Waals surface area contributed by atoms with Crippen LogP contribution in [0.5, 0.6) is 0 Å². The van der Waals surface area contributed by atoms with Crippen molar-refractivity contribution in [1.29, 1.82) is 0 Å². The minimum Gasteiger partial charge on any atom is -0.295 e. The van der Waals surface area contributed by atoms with E-state index in [0.717, 1.165) is 0 Å². The predicted molar refractivity (Wildman–Crippen MR) is 44.0 cm³/mol. The number of Topliss-reactive ketones (excluding diaryl/α,β-unsaturated/α-hetero) is 1. The van der Waals surface area contributed by atoms with E-state index in [1.807, 2.05) is 0 Å². The molecule has 0 heterocycles. The maximum atomic E-state index is 10.5. The lowest BCUT2D eigenvalue weighted by atomic mass is 10.2. The smallest absolute Gasteiger partial charge is 0.159 e. The van der Waals surface area contributed by atoms with Gasteiger partial charge < -0.3 is 0 Å². The Kier molecular flexibility index (Phi) is 3.74. The highest BCUT2D eigenvalue weighted by atomic mass is 35.5. The van der Waals surface area contributed by atoms with Crippen molar-refractivity contribution in [3.05, 3.63) is 35.9 Å². The quantitative estimate of drug-likeness (QED) is 0.453. The van der Waals surface area contributed by atoms with Crippen LogP contribution in [0.2, 0.25) is 0 Å². The number of halogens is 1. The number of carbonyl (C=O) groups excluding carboxylic acids is 1. The van der Waals surface area contributed by atoms with Crippen molar-refractivity contribution < 1.29 is 4.79 Å². The first kappa shape index (κ1) is 9.18. The third-order valence-electron chi connectivity index (χ3n) is 0.918. The normalized spacial score (nSPS) is 9.80. The van der Waals surface area contributed by atoms with Gasteiger partial charge in [-0.15, -0.1) is 0 Å². The molecule has 0 amide bonds. The van der Waals surface area contributed by atoms with Crippen LogP contribution in [-0.2, 0) is 4.79 Å². The lowest BCUT2D eigenvalue weighted by Gasteiger charge is -1.88. The third kappa shape index (κ3) is 4.10. The monoisotopic (exact) mass is 156 g/mol. The summed E-state index contributed by atoms with van der Waals surface area (Å²) in [4.78, 5) is 10.5. The van der Waals surface area contributed by atoms with Crippen LogP contribution in [0.15, 0.2) is 35.9 Å². The number of ketones is 1. The molecule has 0 saturated heterocycles. The summed E-state index contributed by atoms with van der Waals surface area (Å²) in [6.07, 6.45) is 3.07. The molecule has 0 rings (SSSR count). The van der Waals surface area contributed by atoms with E-state index in [4.69, 9.17) is 11.6 Å². The minimum atomic E-state index is -0.0610. The molecule has 0 fully saturated rings. The van der Waals surface area contributed by atoms with Gasteiger partial charge in [0.2, 0.25) is 0 Å². The second-order valence-corrected chi connectivity index (χ2v) is 2.35. The van der Waals surface area contributed by atoms with Crippen molar-refractivity contribution in [3.63, 3.8) is 0 Å². The summed E-state index contributed by atoms with van der Waals surface area (Å²) in [6, 6.07) is 0. The molecule has 1 nitrogen and oxygen atoms in total. The summed E-state index contributed by atoms with van der Waals surface area (Å²) in [5.74, 6) is -0.0610. The molecule has 0 aromatic heterocycles. The van der Waals surface area contributed by atoms with Crippen LogP contribution in [0.4, 0.5) is 0 Å². The first-order valence-electron chi connectivity index (χ1n) is 2.76. The van der Waals surface area contributed by atoms with Crippen molar-refractivity contribution >= 4 is 17.4 Å². The number of rotatable bonds is 3. The average molecular weight is 157 g/mol. The van der Waals surface area contributed by atoms with Crippen LogP contribution in [0.1, 0.15) is 6.92 Å². The molecule has 0 unspecified atom stereocenters. The van der Waals surface area contributed by atoms with Gasteiger partial charge in [-0.05, 0) is 13.0 Å². The first-order chi connectivity index (χ1) is 4.54. The Morgan fingerprint density at radius 3 is 2.20 bits per heavy atom. The fourth-order valence-corrected chi connectivity index (χ4v) is 0.371. The van der Waals surface area contributed by atoms with Gasteiger partial charge in [0.1, 0.15) is 0 Å². The molecule has 0 atom stereocenters. The lowest BCUT2D eigenvalue weighted by molar-refractivity contribution is -0.113. The third-order valence-corrected chi connectivity index (χ3v) is 1.04. The summed E-state index contributed by atoms with van der Waals surface area (Å²) < 4.78 is 0. The zero-order valence-electron chi connectivity index (χ0n) is 5.86. The Morgan fingerprint density at radius 2 is 1.90 bits per heavy atom. The van der Waals surface area contributed by atoms with Crippen LogP contribution in [0.3, 0.4) is 0 Å². The Hall–Kier alpha value is -0.820. The lowest BCUT2D eigenvalue weighted by Crippen LogP contribution is -1.89. The van der Waals surface area contributed by atoms with E-state index >= 15 is 0 Å². The summed E-state index contributed by atoms with van der Waals surface area (Å²) in [5, 5.41) is 0.391. The Bertz CT molecular complexity index is 201. The highest BCUT2D eigenvalue weighted by molar-refractivity contribution is 6.30. The van der Waals surface area contributed by atoms with Gasteiger partial charge in [0.25, 0.3) is 0 Å². The van der Waals surface area contributed by atoms with Gasteiger partial charge >= 0.3 is 0 Å². The summed E-state index contributed by atoms with van der Waals surface area (Å²) in [7, 11) is 0. The van der Waals surface area contributed by atoms with Gasteiger partial charge in [0.15, 0.2) is 5.78 Å². The number of allylic oxidation sites excluding steroid dienone is 4. The first-order valence-corrected chi connectivity index (χ1v) is 3.14. The maximum Gasteiger partial charge on any atom is 0.159 e. The van der Waals surface area contributed by atoms with Crippen LogP contribution in [-0.4, -0.2) is 5.78 Å². The van der Waals surface area contributed by atoms with E-state index in [0.29, 0.717) is 10.6 Å². The van der Waals surface area contributed by atoms with Crippen molar-refractivity contribution in [1.82, 2.24) is 0 Å². The molecular formula is C8H9ClO. The van der Waals surface area contributed by atoms with E-state index < -0.39 is 0 Å². The summed E-state index contributed by atoms with van der Waals surface area (Å²) in [5.41, 5.74) is 0.432. The van der Waals surface area contributed by atoms with Crippen molar-refractivity contribution in [2.24, 2.45) is 0 Å². The molecule has 0 bridgehead atoms. The number of hydrogen-bond donors (Lipinski definition) is 0. The van der Waals surface area contributed by atoms with Crippen LogP contribution in [0, 0.1) is 0 Å². The molecule has 0 aliphatic carbocycles. The predicted octanol–water partition coefficient (Wildman–Crippen LogP) is 2.44. The van der Waals surface area contributed by atoms with Gasteiger partial charge in [0.05, 0.1) is 0 Å². The van der Waals surface area contributed by atoms with E-state index in [-0.39, 0.29) is 5.78 Å². The second-order valence-electron chi connectivity index (χ2n) is 1.86. The van der Waals surface area contributed by atoms with Gasteiger partial charge in [-0.1, -0.05) is 30.8 Å². The molecule has 0 aliphatic rings. The van der Waals surface area contributed by atoms with Crippen LogP contribution >= 0.6 is 11.6 Å². The largest absolute Gasteiger partial charge is 0.295 e. The van der Waals surface area contributed by atoms with Crippen molar-refractivity contribution in [2.75, 3.05) is 0 Å². The van der Waals surface area contributed by atoms with Crippen molar-refractivity contribution in [3.8, 4) is 0 Å². The van der Waals surface area contributed by atoms with E-state index in [2.05, 4.69) is 13.2 Å². The molecule has 54 valence electrons. The van der Waals surface area contributed by atoms with Gasteiger partial charge in [-0.3, -0.25) is 4.79 Å². The van der Waals surface area contributed by atoms with Gasteiger partial charge in [0, 0.05) is 10.6 Å². The number of carbonyl (C=O) groups is 1. The zero-order chi connectivity index (χ0) is 8.15. The maximum absolute atomic E-state index is 10.5. The fraction of sp³-hybridized carbons (Fsp3) is 0.125. The Labute approximate surface area is 65.7 Å². The standard InChI is InChI=1S/C8H9ClO/c1-6(8(3)10)4-5-7(2)9/h4-5H,1-2H2,3H3/b5-4-. The molecule has 0 aliphatic heterocycles. The molecule has 10 heavy (non-hydrogen) atoms.